The molecule has 0 aliphatic carbocycles. The molecule has 0 spiro atoms. The molecular weight excluding hydrogens is 190 g/mol. The predicted octanol–water partition coefficient (Wildman–Crippen LogP) is 3.57. The molecule has 0 saturated carbocycles. The number of benzene rings is 1. The van der Waals surface area contributed by atoms with Crippen molar-refractivity contribution in [3.05, 3.63) is 57.7 Å². The summed E-state index contributed by atoms with van der Waals surface area (Å²) in [5.74, 6) is 0. The monoisotopic (exact) mass is 203 g/mol. The van der Waals surface area contributed by atoms with Crippen LogP contribution in [-0.2, 0) is 0 Å². The molecular formula is C12H13NO2. The molecule has 0 atom stereocenters. The van der Waals surface area contributed by atoms with Crippen molar-refractivity contribution in [2.75, 3.05) is 0 Å². The van der Waals surface area contributed by atoms with E-state index in [0.717, 1.165) is 5.57 Å². The summed E-state index contributed by atoms with van der Waals surface area (Å²) >= 11 is 0. The van der Waals surface area contributed by atoms with Crippen LogP contribution in [0, 0.1) is 10.1 Å². The van der Waals surface area contributed by atoms with Gasteiger partial charge in [0.1, 0.15) is 0 Å². The second-order valence-corrected chi connectivity index (χ2v) is 3.18. The molecule has 3 nitrogen and oxygen atoms in total. The highest BCUT2D eigenvalue weighted by atomic mass is 16.6. The van der Waals surface area contributed by atoms with E-state index in [1.54, 1.807) is 24.3 Å². The third-order valence-electron chi connectivity index (χ3n) is 2.11. The van der Waals surface area contributed by atoms with Crippen LogP contribution >= 0.6 is 0 Å². The number of nitrogens with zero attached hydrogens (tertiary/aromatic N) is 1. The van der Waals surface area contributed by atoms with Gasteiger partial charge in [0.15, 0.2) is 0 Å². The summed E-state index contributed by atoms with van der Waals surface area (Å²) in [6, 6.07) is 6.69. The van der Waals surface area contributed by atoms with Crippen molar-refractivity contribution < 1.29 is 4.92 Å². The van der Waals surface area contributed by atoms with Gasteiger partial charge in [0.2, 0.25) is 0 Å². The Morgan fingerprint density at radius 3 is 2.67 bits per heavy atom. The van der Waals surface area contributed by atoms with E-state index in [4.69, 9.17) is 0 Å². The lowest BCUT2D eigenvalue weighted by atomic mass is 10.1. The van der Waals surface area contributed by atoms with E-state index < -0.39 is 0 Å². The van der Waals surface area contributed by atoms with Crippen molar-refractivity contribution in [2.24, 2.45) is 0 Å². The highest BCUT2D eigenvalue weighted by Crippen LogP contribution is 2.19. The number of allylic oxidation sites excluding steroid dienone is 3. The minimum absolute atomic E-state index is 0.137. The molecule has 0 saturated heterocycles. The highest BCUT2D eigenvalue weighted by molar-refractivity contribution is 5.62. The van der Waals surface area contributed by atoms with Crippen LogP contribution in [0.2, 0.25) is 0 Å². The quantitative estimate of drug-likeness (QED) is 0.428. The lowest BCUT2D eigenvalue weighted by molar-refractivity contribution is -0.385. The van der Waals surface area contributed by atoms with Gasteiger partial charge in [-0.2, -0.15) is 0 Å². The van der Waals surface area contributed by atoms with E-state index in [-0.39, 0.29) is 10.6 Å². The summed E-state index contributed by atoms with van der Waals surface area (Å²) < 4.78 is 0. The van der Waals surface area contributed by atoms with Gasteiger partial charge in [0.25, 0.3) is 5.69 Å². The molecule has 0 unspecified atom stereocenters. The Bertz CT molecular complexity index is 419. The first-order chi connectivity index (χ1) is 7.15. The summed E-state index contributed by atoms with van der Waals surface area (Å²) in [5, 5.41) is 10.7. The van der Waals surface area contributed by atoms with Gasteiger partial charge in [-0.1, -0.05) is 29.9 Å². The second-order valence-electron chi connectivity index (χ2n) is 3.18. The molecule has 0 bridgehead atoms. The van der Waals surface area contributed by atoms with Crippen molar-refractivity contribution >= 4 is 11.8 Å². The first-order valence-corrected chi connectivity index (χ1v) is 4.69. The maximum absolute atomic E-state index is 10.7. The van der Waals surface area contributed by atoms with Crippen LogP contribution in [0.15, 0.2) is 42.0 Å². The molecule has 0 aromatic heterocycles. The summed E-state index contributed by atoms with van der Waals surface area (Å²) in [7, 11) is 0. The molecule has 15 heavy (non-hydrogen) atoms. The fourth-order valence-corrected chi connectivity index (χ4v) is 1.11. The Kier molecular flexibility index (Phi) is 3.80. The lowest BCUT2D eigenvalue weighted by Gasteiger charge is -1.96. The topological polar surface area (TPSA) is 43.1 Å². The number of hydrogen-bond acceptors (Lipinski definition) is 2. The lowest BCUT2D eigenvalue weighted by Crippen LogP contribution is -1.90. The van der Waals surface area contributed by atoms with E-state index in [1.807, 2.05) is 26.0 Å². The third kappa shape index (κ3) is 3.06. The Hall–Kier alpha value is -1.90. The fourth-order valence-electron chi connectivity index (χ4n) is 1.11. The summed E-state index contributed by atoms with van der Waals surface area (Å²) in [4.78, 5) is 10.3. The molecule has 0 aliphatic heterocycles. The van der Waals surface area contributed by atoms with Crippen molar-refractivity contribution in [2.45, 2.75) is 13.8 Å². The Labute approximate surface area is 88.9 Å². The highest BCUT2D eigenvalue weighted by Gasteiger charge is 2.08. The van der Waals surface area contributed by atoms with E-state index >= 15 is 0 Å². The molecule has 0 fully saturated rings. The number of rotatable bonds is 3. The molecule has 1 aromatic rings. The first kappa shape index (κ1) is 11.2. The number of hydrogen-bond donors (Lipinski definition) is 0. The van der Waals surface area contributed by atoms with Gasteiger partial charge < -0.3 is 0 Å². The zero-order valence-corrected chi connectivity index (χ0v) is 8.81. The second kappa shape index (κ2) is 5.10. The third-order valence-corrected chi connectivity index (χ3v) is 2.11. The molecule has 0 radical (unpaired) electrons. The van der Waals surface area contributed by atoms with Gasteiger partial charge in [0, 0.05) is 6.07 Å². The Morgan fingerprint density at radius 2 is 2.07 bits per heavy atom. The smallest absolute Gasteiger partial charge is 0.258 e. The van der Waals surface area contributed by atoms with E-state index in [0.29, 0.717) is 5.56 Å². The zero-order valence-electron chi connectivity index (χ0n) is 8.81. The summed E-state index contributed by atoms with van der Waals surface area (Å²) in [5.41, 5.74) is 1.84. The van der Waals surface area contributed by atoms with Crippen LogP contribution in [0.4, 0.5) is 5.69 Å². The van der Waals surface area contributed by atoms with E-state index in [2.05, 4.69) is 0 Å². The van der Waals surface area contributed by atoms with Crippen molar-refractivity contribution in [1.82, 2.24) is 0 Å². The van der Waals surface area contributed by atoms with Crippen molar-refractivity contribution in [3.8, 4) is 0 Å². The van der Waals surface area contributed by atoms with Crippen LogP contribution in [-0.4, -0.2) is 4.92 Å². The average Bonchev–Trinajstić information content (AvgIpc) is 2.26. The van der Waals surface area contributed by atoms with Gasteiger partial charge in [-0.3, -0.25) is 10.1 Å². The first-order valence-electron chi connectivity index (χ1n) is 4.69. The molecule has 0 N–H and O–H groups in total. The van der Waals surface area contributed by atoms with Crippen molar-refractivity contribution in [1.29, 1.82) is 0 Å². The van der Waals surface area contributed by atoms with E-state index in [1.165, 1.54) is 6.07 Å². The van der Waals surface area contributed by atoms with Crippen LogP contribution in [0.1, 0.15) is 19.4 Å². The van der Waals surface area contributed by atoms with Crippen LogP contribution in [0.3, 0.4) is 0 Å². The Morgan fingerprint density at radius 1 is 1.40 bits per heavy atom. The molecule has 0 heterocycles. The van der Waals surface area contributed by atoms with Crippen LogP contribution < -0.4 is 0 Å². The minimum Gasteiger partial charge on any atom is -0.258 e. The SMILES string of the molecule is C/C=C(C)/C=C/c1ccccc1[N+](=O)[O-]. The maximum Gasteiger partial charge on any atom is 0.276 e. The number of para-hydroxylation sites is 1. The van der Waals surface area contributed by atoms with Gasteiger partial charge in [-0.15, -0.1) is 0 Å². The largest absolute Gasteiger partial charge is 0.276 e. The normalized spacial score (nSPS) is 12.0. The number of nitro benzene ring substituents is 1. The average molecular weight is 203 g/mol. The maximum atomic E-state index is 10.7. The molecule has 3 heteroatoms. The van der Waals surface area contributed by atoms with Gasteiger partial charge in [-0.05, 0) is 26.0 Å². The number of nitro groups is 1. The van der Waals surface area contributed by atoms with Gasteiger partial charge in [0.05, 0.1) is 10.5 Å². The fraction of sp³-hybridized carbons (Fsp3) is 0.167. The molecule has 0 aliphatic rings. The minimum atomic E-state index is -0.370. The molecule has 0 amide bonds. The summed E-state index contributed by atoms with van der Waals surface area (Å²) in [6.07, 6.45) is 5.57. The Balaban J connectivity index is 3.04. The van der Waals surface area contributed by atoms with E-state index in [9.17, 15) is 10.1 Å². The molecule has 78 valence electrons. The van der Waals surface area contributed by atoms with Gasteiger partial charge >= 0.3 is 0 Å². The standard InChI is InChI=1S/C12H13NO2/c1-3-10(2)8-9-11-6-4-5-7-12(11)13(14)15/h3-9H,1-2H3/b9-8+,10-3+. The summed E-state index contributed by atoms with van der Waals surface area (Å²) in [6.45, 7) is 3.88. The molecule has 1 aromatic carbocycles. The molecule has 1 rings (SSSR count). The van der Waals surface area contributed by atoms with Gasteiger partial charge in [-0.25, -0.2) is 0 Å². The predicted molar refractivity (Wildman–Crippen MR) is 61.6 cm³/mol. The zero-order chi connectivity index (χ0) is 11.3. The van der Waals surface area contributed by atoms with Crippen molar-refractivity contribution in [3.63, 3.8) is 0 Å². The van der Waals surface area contributed by atoms with Crippen LogP contribution in [0.5, 0.6) is 0 Å². The van der Waals surface area contributed by atoms with Crippen LogP contribution in [0.25, 0.3) is 6.08 Å².